The monoisotopic (exact) mass is 202 g/mol. The van der Waals surface area contributed by atoms with Crippen LogP contribution < -0.4 is 0 Å². The average molecular weight is 202 g/mol. The predicted molar refractivity (Wildman–Crippen MR) is 19.8 cm³/mol. The van der Waals surface area contributed by atoms with Crippen LogP contribution in [0, 0.1) is 0 Å². The quantitative estimate of drug-likeness (QED) is 0.487. The van der Waals surface area contributed by atoms with E-state index >= 15 is 0 Å². The van der Waals surface area contributed by atoms with Crippen molar-refractivity contribution in [3.63, 3.8) is 0 Å². The van der Waals surface area contributed by atoms with Crippen molar-refractivity contribution in [1.82, 2.24) is 0 Å². The Bertz CT molecular complexity index is 12.4. The summed E-state index contributed by atoms with van der Waals surface area (Å²) in [4.78, 5) is 0. The van der Waals surface area contributed by atoms with Gasteiger partial charge in [0.05, 0.1) is 0 Å². The minimum absolute atomic E-state index is 1.19. The van der Waals surface area contributed by atoms with E-state index in [-0.39, 0.29) is 0 Å². The summed E-state index contributed by atoms with van der Waals surface area (Å²) < 4.78 is 19.9. The molecule has 0 aliphatic rings. The maximum absolute atomic E-state index is 7.84. The third kappa shape index (κ3) is 5.00. The van der Waals surface area contributed by atoms with E-state index in [0.717, 1.165) is 0 Å². The molecule has 5 heavy (non-hydrogen) atoms. The zero-order chi connectivity index (χ0) is 4.12. The maximum atomic E-state index is 7.84. The summed E-state index contributed by atoms with van der Waals surface area (Å²) in [5.74, 6) is 0. The molecule has 2 atom stereocenters. The van der Waals surface area contributed by atoms with Crippen LogP contribution in [0.2, 0.25) is 0 Å². The van der Waals surface area contributed by atoms with Crippen LogP contribution in [0.25, 0.3) is 0 Å². The molecule has 3 nitrogen and oxygen atoms in total. The van der Waals surface area contributed by atoms with Gasteiger partial charge in [-0.3, -0.25) is 0 Å². The van der Waals surface area contributed by atoms with Crippen molar-refractivity contribution in [1.29, 1.82) is 0 Å². The van der Waals surface area contributed by atoms with Gasteiger partial charge in [-0.2, -0.15) is 0 Å². The van der Waals surface area contributed by atoms with Crippen molar-refractivity contribution < 1.29 is 10.9 Å². The summed E-state index contributed by atoms with van der Waals surface area (Å²) in [6, 6.07) is 0. The van der Waals surface area contributed by atoms with Gasteiger partial charge in [-0.15, -0.1) is 0 Å². The van der Waals surface area contributed by atoms with Gasteiger partial charge < -0.3 is 0 Å². The van der Waals surface area contributed by atoms with Crippen molar-refractivity contribution in [2.75, 3.05) is 0 Å². The summed E-state index contributed by atoms with van der Waals surface area (Å²) in [5, 5.41) is 0. The van der Waals surface area contributed by atoms with E-state index in [1.807, 2.05) is 0 Å². The first kappa shape index (κ1) is 6.00. The van der Waals surface area contributed by atoms with E-state index in [1.165, 1.54) is 0 Å². The molecule has 0 aliphatic carbocycles. The Kier molecular flexibility index (Phi) is 5.99. The third-order valence-electron chi connectivity index (χ3n) is 0.0913. The molecule has 0 bridgehead atoms. The molecule has 0 saturated carbocycles. The van der Waals surface area contributed by atoms with E-state index in [1.54, 1.807) is 0 Å². The van der Waals surface area contributed by atoms with Crippen LogP contribution in [-0.4, -0.2) is 41.1 Å². The van der Waals surface area contributed by atoms with Crippen molar-refractivity contribution in [2.45, 2.75) is 0 Å². The fourth-order valence-electron chi connectivity index (χ4n) is 0.0204. The Morgan fingerprint density at radius 2 is 1.60 bits per heavy atom. The van der Waals surface area contributed by atoms with E-state index in [4.69, 9.17) is 8.19 Å². The van der Waals surface area contributed by atoms with E-state index in [9.17, 15) is 0 Å². The number of hydrogen-bond acceptors (Lipinski definition) is 3. The zero-order valence-electron chi connectivity index (χ0n) is 2.30. The molecule has 2 unspecified atom stereocenters. The van der Waals surface area contributed by atoms with Crippen LogP contribution in [0.3, 0.4) is 0 Å². The molecular formula is H4As2O3. The normalized spacial score (nSPS) is 13.2. The van der Waals surface area contributed by atoms with Crippen LogP contribution in [0.5, 0.6) is 0 Å². The molecule has 0 heterocycles. The van der Waals surface area contributed by atoms with Crippen LogP contribution in [0.1, 0.15) is 0 Å². The van der Waals surface area contributed by atoms with Gasteiger partial charge in [0.15, 0.2) is 0 Å². The molecule has 0 aromatic carbocycles. The number of rotatable bonds is 2. The molecule has 0 amide bonds. The van der Waals surface area contributed by atoms with Crippen LogP contribution in [-0.2, 0) is 2.72 Å². The van der Waals surface area contributed by atoms with Crippen molar-refractivity contribution in [2.24, 2.45) is 0 Å². The fourth-order valence-corrected chi connectivity index (χ4v) is 0.551. The van der Waals surface area contributed by atoms with Gasteiger partial charge in [-0.1, -0.05) is 0 Å². The standard InChI is InChI=1S/As2H4O3/c3-1-5-2-4/h1-4H. The van der Waals surface area contributed by atoms with Gasteiger partial charge in [0.1, 0.15) is 0 Å². The first-order valence-corrected chi connectivity index (χ1v) is 4.45. The van der Waals surface area contributed by atoms with Gasteiger partial charge in [-0.05, 0) is 0 Å². The molecule has 5 heteroatoms. The fraction of sp³-hybridized carbons (Fsp3) is 0. The zero-order valence-corrected chi connectivity index (χ0v) is 6.50. The van der Waals surface area contributed by atoms with Crippen LogP contribution in [0.15, 0.2) is 0 Å². The molecule has 0 spiro atoms. The van der Waals surface area contributed by atoms with E-state index < -0.39 is 32.9 Å². The molecule has 0 saturated heterocycles. The molecule has 0 aromatic rings. The molecule has 0 rings (SSSR count). The van der Waals surface area contributed by atoms with Gasteiger partial charge in [-0.25, -0.2) is 0 Å². The van der Waals surface area contributed by atoms with Crippen molar-refractivity contribution in [3.05, 3.63) is 0 Å². The first-order chi connectivity index (χ1) is 2.41. The Hall–Kier alpha value is 0.997. The van der Waals surface area contributed by atoms with Crippen molar-refractivity contribution >= 4 is 32.9 Å². The average Bonchev–Trinajstić information content (AvgIpc) is 1.41. The van der Waals surface area contributed by atoms with Gasteiger partial charge in [0.2, 0.25) is 0 Å². The third-order valence-corrected chi connectivity index (χ3v) is 2.46. The second-order valence-electron chi connectivity index (χ2n) is 0.285. The Labute approximate surface area is 44.1 Å². The molecule has 0 aromatic heterocycles. The predicted octanol–water partition coefficient (Wildman–Crippen LogP) is -2.48. The summed E-state index contributed by atoms with van der Waals surface area (Å²) in [6.07, 6.45) is 0. The van der Waals surface area contributed by atoms with Crippen LogP contribution in [0.4, 0.5) is 0 Å². The second-order valence-corrected chi connectivity index (χ2v) is 3.70. The van der Waals surface area contributed by atoms with Crippen molar-refractivity contribution in [3.8, 4) is 0 Å². The van der Waals surface area contributed by atoms with Gasteiger partial charge in [0, 0.05) is 0 Å². The first-order valence-electron chi connectivity index (χ1n) is 0.855. The topological polar surface area (TPSA) is 49.7 Å². The molecule has 2 N–H and O–H groups in total. The second kappa shape index (κ2) is 5.00. The Morgan fingerprint density at radius 3 is 1.60 bits per heavy atom. The molecular weight excluding hydrogens is 198 g/mol. The summed E-state index contributed by atoms with van der Waals surface area (Å²) in [7, 11) is 0. The molecule has 32 valence electrons. The Morgan fingerprint density at radius 1 is 1.20 bits per heavy atom. The molecule has 0 radical (unpaired) electrons. The summed E-state index contributed by atoms with van der Waals surface area (Å²) in [5.41, 5.74) is 0. The number of hydrogen-bond donors (Lipinski definition) is 2. The minimum atomic E-state index is -1.19. The van der Waals surface area contributed by atoms with Gasteiger partial charge >= 0.3 is 43.8 Å². The molecule has 0 aliphatic heterocycles. The SMILES string of the molecule is O[AsH]O[AsH]O. The Balaban J connectivity index is 2.19. The summed E-state index contributed by atoms with van der Waals surface area (Å²) >= 11 is -2.38. The van der Waals surface area contributed by atoms with Crippen LogP contribution >= 0.6 is 0 Å². The van der Waals surface area contributed by atoms with E-state index in [2.05, 4.69) is 2.72 Å². The van der Waals surface area contributed by atoms with Gasteiger partial charge in [0.25, 0.3) is 0 Å². The van der Waals surface area contributed by atoms with E-state index in [0.29, 0.717) is 0 Å². The molecule has 0 fully saturated rings. The summed E-state index contributed by atoms with van der Waals surface area (Å²) in [6.45, 7) is 0.